The van der Waals surface area contributed by atoms with Gasteiger partial charge in [0, 0.05) is 12.4 Å². The average Bonchev–Trinajstić information content (AvgIpc) is 2.55. The van der Waals surface area contributed by atoms with E-state index in [0.29, 0.717) is 11.8 Å². The van der Waals surface area contributed by atoms with Crippen LogP contribution in [0.15, 0.2) is 24.7 Å². The van der Waals surface area contributed by atoms with E-state index in [1.165, 1.54) is 0 Å². The van der Waals surface area contributed by atoms with E-state index in [0.717, 1.165) is 0 Å². The molecule has 0 fully saturated rings. The molecule has 0 aromatic carbocycles. The Hall–Kier alpha value is -1.78. The molecule has 2 aromatic rings. The van der Waals surface area contributed by atoms with Gasteiger partial charge in [-0.05, 0) is 6.07 Å². The first-order valence-electron chi connectivity index (χ1n) is 3.17. The van der Waals surface area contributed by atoms with Gasteiger partial charge in [-0.25, -0.2) is 9.67 Å². The molecule has 0 saturated heterocycles. The number of hydrogen-bond acceptors (Lipinski definition) is 3. The highest BCUT2D eigenvalue weighted by atomic mass is 15.3. The Morgan fingerprint density at radius 1 is 1.55 bits per heavy atom. The van der Waals surface area contributed by atoms with Crippen LogP contribution < -0.4 is 5.73 Å². The lowest BCUT2D eigenvalue weighted by atomic mass is 10.7. The third kappa shape index (κ3) is 0.958. The molecule has 5 nitrogen and oxygen atoms in total. The zero-order valence-corrected chi connectivity index (χ0v) is 5.73. The molecule has 0 aliphatic rings. The van der Waals surface area contributed by atoms with Gasteiger partial charge in [-0.1, -0.05) is 0 Å². The molecule has 2 rings (SSSR count). The van der Waals surface area contributed by atoms with E-state index in [-0.39, 0.29) is 0 Å². The van der Waals surface area contributed by atoms with E-state index >= 15 is 0 Å². The normalized spacial score (nSPS) is 10.2. The first-order valence-corrected chi connectivity index (χ1v) is 3.17. The van der Waals surface area contributed by atoms with E-state index in [1.54, 1.807) is 23.3 Å². The van der Waals surface area contributed by atoms with E-state index in [1.807, 2.05) is 6.07 Å². The van der Waals surface area contributed by atoms with Gasteiger partial charge in [0.1, 0.15) is 5.82 Å². The summed E-state index contributed by atoms with van der Waals surface area (Å²) in [7, 11) is 0. The topological polar surface area (TPSA) is 72.5 Å². The van der Waals surface area contributed by atoms with Crippen molar-refractivity contribution in [2.45, 2.75) is 0 Å². The Balaban J connectivity index is 2.45. The highest BCUT2D eigenvalue weighted by molar-refractivity contribution is 5.29. The number of anilines is 1. The van der Waals surface area contributed by atoms with Crippen molar-refractivity contribution in [1.82, 2.24) is 19.7 Å². The third-order valence-electron chi connectivity index (χ3n) is 1.30. The van der Waals surface area contributed by atoms with Crippen molar-refractivity contribution in [2.75, 3.05) is 5.73 Å². The van der Waals surface area contributed by atoms with E-state index in [2.05, 4.69) is 15.1 Å². The number of rotatable bonds is 1. The van der Waals surface area contributed by atoms with E-state index in [4.69, 9.17) is 5.73 Å². The van der Waals surface area contributed by atoms with Crippen molar-refractivity contribution in [3.05, 3.63) is 24.7 Å². The fraction of sp³-hybridized carbons (Fsp3) is 0. The van der Waals surface area contributed by atoms with Crippen molar-refractivity contribution in [3.63, 3.8) is 0 Å². The van der Waals surface area contributed by atoms with Gasteiger partial charge >= 0.3 is 0 Å². The first-order chi connectivity index (χ1) is 5.36. The largest absolute Gasteiger partial charge is 0.384 e. The van der Waals surface area contributed by atoms with Crippen LogP contribution in [0.1, 0.15) is 0 Å². The predicted octanol–water partition coefficient (Wildman–Crippen LogP) is 0.178. The Bertz CT molecular complexity index is 333. The predicted molar refractivity (Wildman–Crippen MR) is 40.1 cm³/mol. The molecule has 0 aliphatic heterocycles. The number of nitrogens with two attached hydrogens (primary N) is 1. The van der Waals surface area contributed by atoms with Gasteiger partial charge in [-0.3, -0.25) is 0 Å². The minimum Gasteiger partial charge on any atom is -0.384 e. The maximum absolute atomic E-state index is 5.43. The van der Waals surface area contributed by atoms with Gasteiger partial charge < -0.3 is 10.7 Å². The maximum Gasteiger partial charge on any atom is 0.229 e. The average molecular weight is 149 g/mol. The van der Waals surface area contributed by atoms with Crippen LogP contribution in [0.25, 0.3) is 5.95 Å². The van der Waals surface area contributed by atoms with Crippen LogP contribution in [0, 0.1) is 0 Å². The number of nitrogens with one attached hydrogen (secondary N) is 1. The highest BCUT2D eigenvalue weighted by Gasteiger charge is 1.97. The summed E-state index contributed by atoms with van der Waals surface area (Å²) in [4.78, 5) is 6.82. The quantitative estimate of drug-likeness (QED) is 0.607. The molecule has 0 atom stereocenters. The summed E-state index contributed by atoms with van der Waals surface area (Å²) in [6.07, 6.45) is 5.02. The number of H-pyrrole nitrogens is 1. The molecule has 0 unspecified atom stereocenters. The van der Waals surface area contributed by atoms with E-state index < -0.39 is 0 Å². The SMILES string of the molecule is Nc1cnc(-n2cccn2)[nH]1. The zero-order valence-electron chi connectivity index (χ0n) is 5.73. The Kier molecular flexibility index (Phi) is 1.15. The summed E-state index contributed by atoms with van der Waals surface area (Å²) in [6, 6.07) is 1.82. The molecular weight excluding hydrogens is 142 g/mol. The van der Waals surface area contributed by atoms with Crippen LogP contribution in [0.3, 0.4) is 0 Å². The number of aromatic amines is 1. The Morgan fingerprint density at radius 3 is 3.00 bits per heavy atom. The first kappa shape index (κ1) is 5.96. The molecule has 3 N–H and O–H groups in total. The molecule has 0 spiro atoms. The van der Waals surface area contributed by atoms with Crippen molar-refractivity contribution < 1.29 is 0 Å². The lowest BCUT2D eigenvalue weighted by molar-refractivity contribution is 0.826. The Labute approximate surface area is 62.9 Å². The van der Waals surface area contributed by atoms with Gasteiger partial charge in [-0.15, -0.1) is 0 Å². The fourth-order valence-electron chi connectivity index (χ4n) is 0.835. The molecule has 0 saturated carbocycles. The molecule has 2 heterocycles. The molecule has 0 bridgehead atoms. The number of hydrogen-bond donors (Lipinski definition) is 2. The summed E-state index contributed by atoms with van der Waals surface area (Å²) in [5.74, 6) is 1.17. The molecule has 0 amide bonds. The number of aromatic nitrogens is 4. The standard InChI is InChI=1S/C6H7N5/c7-5-4-8-6(10-5)11-3-1-2-9-11/h1-4H,7H2,(H,8,10). The fourth-order valence-corrected chi connectivity index (χ4v) is 0.835. The second-order valence-corrected chi connectivity index (χ2v) is 2.11. The van der Waals surface area contributed by atoms with E-state index in [9.17, 15) is 0 Å². The molecule has 2 aromatic heterocycles. The molecule has 0 radical (unpaired) electrons. The maximum atomic E-state index is 5.43. The van der Waals surface area contributed by atoms with Crippen LogP contribution >= 0.6 is 0 Å². The van der Waals surface area contributed by atoms with Crippen molar-refractivity contribution in [3.8, 4) is 5.95 Å². The van der Waals surface area contributed by atoms with Crippen LogP contribution in [-0.4, -0.2) is 19.7 Å². The van der Waals surface area contributed by atoms with Crippen LogP contribution in [0.5, 0.6) is 0 Å². The van der Waals surface area contributed by atoms with Gasteiger partial charge in [0.2, 0.25) is 5.95 Å². The summed E-state index contributed by atoms with van der Waals surface area (Å²) in [6.45, 7) is 0. The monoisotopic (exact) mass is 149 g/mol. The Morgan fingerprint density at radius 2 is 2.45 bits per heavy atom. The molecular formula is C6H7N5. The molecule has 56 valence electrons. The second-order valence-electron chi connectivity index (χ2n) is 2.11. The van der Waals surface area contributed by atoms with Crippen molar-refractivity contribution in [1.29, 1.82) is 0 Å². The van der Waals surface area contributed by atoms with Gasteiger partial charge in [0.05, 0.1) is 6.20 Å². The minimum absolute atomic E-state index is 0.538. The highest BCUT2D eigenvalue weighted by Crippen LogP contribution is 2.01. The summed E-state index contributed by atoms with van der Waals surface area (Å²) < 4.78 is 1.61. The molecule has 11 heavy (non-hydrogen) atoms. The van der Waals surface area contributed by atoms with Crippen molar-refractivity contribution >= 4 is 5.82 Å². The molecule has 5 heteroatoms. The third-order valence-corrected chi connectivity index (χ3v) is 1.30. The molecule has 0 aliphatic carbocycles. The van der Waals surface area contributed by atoms with Gasteiger partial charge in [0.25, 0.3) is 0 Å². The smallest absolute Gasteiger partial charge is 0.229 e. The number of nitrogen functional groups attached to an aromatic ring is 1. The second kappa shape index (κ2) is 2.12. The number of imidazole rings is 1. The minimum atomic E-state index is 0.538. The number of nitrogens with zero attached hydrogens (tertiary/aromatic N) is 3. The lowest BCUT2D eigenvalue weighted by Gasteiger charge is -1.91. The summed E-state index contributed by atoms with van der Waals surface area (Å²) >= 11 is 0. The van der Waals surface area contributed by atoms with Crippen LogP contribution in [-0.2, 0) is 0 Å². The van der Waals surface area contributed by atoms with Crippen molar-refractivity contribution in [2.24, 2.45) is 0 Å². The summed E-state index contributed by atoms with van der Waals surface area (Å²) in [5, 5.41) is 3.97. The van der Waals surface area contributed by atoms with Crippen LogP contribution in [0.4, 0.5) is 5.82 Å². The lowest BCUT2D eigenvalue weighted by Crippen LogP contribution is -1.96. The van der Waals surface area contributed by atoms with Gasteiger partial charge in [-0.2, -0.15) is 5.10 Å². The van der Waals surface area contributed by atoms with Crippen LogP contribution in [0.2, 0.25) is 0 Å². The van der Waals surface area contributed by atoms with Gasteiger partial charge in [0.15, 0.2) is 0 Å². The summed E-state index contributed by atoms with van der Waals surface area (Å²) in [5.41, 5.74) is 5.43. The zero-order chi connectivity index (χ0) is 7.68.